The Kier molecular flexibility index (Phi) is 7.31. The van der Waals surface area contributed by atoms with Crippen molar-refractivity contribution in [1.29, 1.82) is 0 Å². The van der Waals surface area contributed by atoms with Crippen molar-refractivity contribution in [3.05, 3.63) is 200 Å². The average molecular weight is 705 g/mol. The number of para-hydroxylation sites is 2. The van der Waals surface area contributed by atoms with Crippen molar-refractivity contribution in [2.24, 2.45) is 0 Å². The number of hydrogen-bond donors (Lipinski definition) is 0. The van der Waals surface area contributed by atoms with Gasteiger partial charge in [-0.05, 0) is 119 Å². The van der Waals surface area contributed by atoms with E-state index in [-0.39, 0.29) is 0 Å². The molecule has 0 radical (unpaired) electrons. The van der Waals surface area contributed by atoms with E-state index >= 15 is 0 Å². The number of hydrogen-bond acceptors (Lipinski definition) is 2. The number of benzene rings is 8. The Hall–Kier alpha value is -7.10. The molecule has 0 aliphatic heterocycles. The maximum absolute atomic E-state index is 6.25. The van der Waals surface area contributed by atoms with Crippen LogP contribution in [0.25, 0.3) is 76.9 Å². The zero-order chi connectivity index (χ0) is 36.3. The number of rotatable bonds is 6. The summed E-state index contributed by atoms with van der Waals surface area (Å²) in [5.74, 6) is 0. The molecule has 1 aliphatic rings. The number of nitrogens with zero attached hydrogens (tertiary/aromatic N) is 2. The fourth-order valence-electron chi connectivity index (χ4n) is 8.54. The molecular formula is C52H36N2O. The molecule has 1 aliphatic carbocycles. The molecule has 2 aromatic heterocycles. The molecule has 0 N–H and O–H groups in total. The Morgan fingerprint density at radius 2 is 1.18 bits per heavy atom. The Morgan fingerprint density at radius 1 is 0.455 bits per heavy atom. The number of furan rings is 1. The van der Waals surface area contributed by atoms with Crippen LogP contribution in [-0.4, -0.2) is 4.57 Å². The van der Waals surface area contributed by atoms with Crippen molar-refractivity contribution in [3.8, 4) is 16.8 Å². The lowest BCUT2D eigenvalue weighted by molar-refractivity contribution is 0.669. The van der Waals surface area contributed by atoms with Gasteiger partial charge < -0.3 is 13.9 Å². The molecule has 0 saturated heterocycles. The summed E-state index contributed by atoms with van der Waals surface area (Å²) in [6.45, 7) is 0. The van der Waals surface area contributed by atoms with Gasteiger partial charge in [-0.25, -0.2) is 0 Å². The number of anilines is 3. The summed E-state index contributed by atoms with van der Waals surface area (Å²) in [7, 11) is 0. The topological polar surface area (TPSA) is 21.3 Å². The SMILES string of the molecule is C1=CCCC(c2ccc(N(c3cccc(-c4ccc5c6ccccc6n(-c6ccc7ccccc7c6)c5c4)c3)c3ccc4oc5ccccc5c4c3)cc2)=C1. The molecule has 0 fully saturated rings. The van der Waals surface area contributed by atoms with Gasteiger partial charge in [0.1, 0.15) is 11.2 Å². The first kappa shape index (κ1) is 31.4. The van der Waals surface area contributed by atoms with Crippen LogP contribution in [0, 0.1) is 0 Å². The maximum Gasteiger partial charge on any atom is 0.135 e. The summed E-state index contributed by atoms with van der Waals surface area (Å²) in [5.41, 5.74) is 13.6. The molecule has 0 atom stereocenters. The molecule has 10 aromatic rings. The summed E-state index contributed by atoms with van der Waals surface area (Å²) in [4.78, 5) is 2.37. The fraction of sp³-hybridized carbons (Fsp3) is 0.0385. The van der Waals surface area contributed by atoms with E-state index in [0.29, 0.717) is 0 Å². The molecular weight excluding hydrogens is 669 g/mol. The first-order valence-electron chi connectivity index (χ1n) is 19.1. The Bertz CT molecular complexity index is 3160. The van der Waals surface area contributed by atoms with E-state index in [1.165, 1.54) is 49.3 Å². The van der Waals surface area contributed by atoms with Crippen molar-refractivity contribution in [2.45, 2.75) is 12.8 Å². The van der Waals surface area contributed by atoms with Crippen LogP contribution in [0.5, 0.6) is 0 Å². The monoisotopic (exact) mass is 704 g/mol. The van der Waals surface area contributed by atoms with E-state index in [0.717, 1.165) is 63.1 Å². The summed E-state index contributed by atoms with van der Waals surface area (Å²) < 4.78 is 8.66. The number of fused-ring (bicyclic) bond motifs is 7. The second-order valence-corrected chi connectivity index (χ2v) is 14.5. The Labute approximate surface area is 319 Å². The molecule has 3 heteroatoms. The molecule has 0 saturated carbocycles. The van der Waals surface area contributed by atoms with Crippen molar-refractivity contribution < 1.29 is 4.42 Å². The molecule has 2 heterocycles. The van der Waals surface area contributed by atoms with Gasteiger partial charge in [0.15, 0.2) is 0 Å². The van der Waals surface area contributed by atoms with E-state index in [9.17, 15) is 0 Å². The van der Waals surface area contributed by atoms with E-state index in [1.54, 1.807) is 0 Å². The van der Waals surface area contributed by atoms with Crippen LogP contribution in [0.4, 0.5) is 17.1 Å². The molecule has 260 valence electrons. The number of aromatic nitrogens is 1. The van der Waals surface area contributed by atoms with E-state index in [1.807, 2.05) is 12.1 Å². The van der Waals surface area contributed by atoms with Crippen molar-refractivity contribution in [3.63, 3.8) is 0 Å². The molecule has 3 nitrogen and oxygen atoms in total. The Morgan fingerprint density at radius 3 is 2.07 bits per heavy atom. The highest BCUT2D eigenvalue weighted by Gasteiger charge is 2.18. The number of allylic oxidation sites excluding steroid dienone is 4. The lowest BCUT2D eigenvalue weighted by atomic mass is 9.97. The third-order valence-electron chi connectivity index (χ3n) is 11.2. The van der Waals surface area contributed by atoms with Gasteiger partial charge in [0.25, 0.3) is 0 Å². The second-order valence-electron chi connectivity index (χ2n) is 14.5. The van der Waals surface area contributed by atoms with E-state index in [4.69, 9.17) is 4.42 Å². The van der Waals surface area contributed by atoms with E-state index < -0.39 is 0 Å². The summed E-state index contributed by atoms with van der Waals surface area (Å²) in [6, 6.07) is 63.9. The zero-order valence-corrected chi connectivity index (χ0v) is 30.2. The second kappa shape index (κ2) is 12.8. The highest BCUT2D eigenvalue weighted by atomic mass is 16.3. The van der Waals surface area contributed by atoms with Crippen LogP contribution in [0.1, 0.15) is 18.4 Å². The molecule has 8 aromatic carbocycles. The first-order chi connectivity index (χ1) is 27.2. The van der Waals surface area contributed by atoms with Gasteiger partial charge in [0.2, 0.25) is 0 Å². The minimum Gasteiger partial charge on any atom is -0.456 e. The largest absolute Gasteiger partial charge is 0.456 e. The highest BCUT2D eigenvalue weighted by Crippen LogP contribution is 2.41. The molecule has 11 rings (SSSR count). The average Bonchev–Trinajstić information content (AvgIpc) is 3.79. The van der Waals surface area contributed by atoms with Crippen LogP contribution < -0.4 is 4.90 Å². The standard InChI is InChI=1S/C52H36N2O/c1-2-11-35(12-3-1)37-21-25-41(26-22-37)53(44-28-30-52-48(34-44)47-18-7-9-20-51(47)55-52)42-16-10-15-39(32-42)40-24-29-46-45-17-6-8-19-49(45)54(50(46)33-40)43-27-23-36-13-4-5-14-38(36)31-43/h1-2,4-11,13-34H,3,12H2. The molecule has 55 heavy (non-hydrogen) atoms. The molecule has 0 bridgehead atoms. The van der Waals surface area contributed by atoms with Gasteiger partial charge in [-0.1, -0.05) is 121 Å². The summed E-state index contributed by atoms with van der Waals surface area (Å²) in [6.07, 6.45) is 8.81. The zero-order valence-electron chi connectivity index (χ0n) is 30.2. The van der Waals surface area contributed by atoms with Crippen LogP contribution in [0.3, 0.4) is 0 Å². The van der Waals surface area contributed by atoms with Gasteiger partial charge >= 0.3 is 0 Å². The van der Waals surface area contributed by atoms with Gasteiger partial charge in [0.05, 0.1) is 11.0 Å². The van der Waals surface area contributed by atoms with Gasteiger partial charge in [-0.15, -0.1) is 0 Å². The lowest BCUT2D eigenvalue weighted by Gasteiger charge is -2.26. The van der Waals surface area contributed by atoms with Crippen LogP contribution in [-0.2, 0) is 0 Å². The first-order valence-corrected chi connectivity index (χ1v) is 19.1. The maximum atomic E-state index is 6.25. The van der Waals surface area contributed by atoms with Crippen molar-refractivity contribution >= 4 is 77.2 Å². The molecule has 0 amide bonds. The minimum absolute atomic E-state index is 0.890. The fourth-order valence-corrected chi connectivity index (χ4v) is 8.54. The molecule has 0 spiro atoms. The van der Waals surface area contributed by atoms with Crippen LogP contribution in [0.15, 0.2) is 199 Å². The smallest absolute Gasteiger partial charge is 0.135 e. The minimum atomic E-state index is 0.890. The van der Waals surface area contributed by atoms with Crippen molar-refractivity contribution in [2.75, 3.05) is 4.90 Å². The summed E-state index contributed by atoms with van der Waals surface area (Å²) >= 11 is 0. The predicted molar refractivity (Wildman–Crippen MR) is 232 cm³/mol. The van der Waals surface area contributed by atoms with Crippen LogP contribution in [0.2, 0.25) is 0 Å². The molecule has 0 unspecified atom stereocenters. The van der Waals surface area contributed by atoms with Gasteiger partial charge in [-0.3, -0.25) is 0 Å². The normalized spacial score (nSPS) is 13.0. The summed E-state index contributed by atoms with van der Waals surface area (Å²) in [5, 5.41) is 7.20. The quantitative estimate of drug-likeness (QED) is 0.172. The third-order valence-corrected chi connectivity index (χ3v) is 11.2. The van der Waals surface area contributed by atoms with Crippen molar-refractivity contribution in [1.82, 2.24) is 4.57 Å². The highest BCUT2D eigenvalue weighted by molar-refractivity contribution is 6.11. The van der Waals surface area contributed by atoms with E-state index in [2.05, 4.69) is 191 Å². The predicted octanol–water partition coefficient (Wildman–Crippen LogP) is 14.7. The Balaban J connectivity index is 1.06. The third kappa shape index (κ3) is 5.35. The van der Waals surface area contributed by atoms with Gasteiger partial charge in [-0.2, -0.15) is 0 Å². The van der Waals surface area contributed by atoms with Crippen LogP contribution >= 0.6 is 0 Å². The lowest BCUT2D eigenvalue weighted by Crippen LogP contribution is -2.10. The van der Waals surface area contributed by atoms with Gasteiger partial charge in [0, 0.05) is 44.3 Å².